The molecule has 2 aromatic carbocycles. The molecule has 0 heterocycles. The Hall–Kier alpha value is -2.47. The van der Waals surface area contributed by atoms with Crippen LogP contribution in [0.3, 0.4) is 0 Å². The van der Waals surface area contributed by atoms with Crippen molar-refractivity contribution in [3.63, 3.8) is 0 Å². The number of carbonyl (C=O) groups is 1. The van der Waals surface area contributed by atoms with Crippen LogP contribution in [0.4, 0.5) is 8.78 Å². The molecule has 3 N–H and O–H groups in total. The summed E-state index contributed by atoms with van der Waals surface area (Å²) in [5, 5.41) is 4.68. The minimum absolute atomic E-state index is 0.120. The number of halogens is 2. The Morgan fingerprint density at radius 1 is 1.12 bits per heavy atom. The maximum Gasteiger partial charge on any atom is 0.278 e. The number of benzene rings is 2. The van der Waals surface area contributed by atoms with Gasteiger partial charge in [-0.2, -0.15) is 0 Å². The molecule has 0 aliphatic rings. The van der Waals surface area contributed by atoms with Crippen molar-refractivity contribution in [2.24, 2.45) is 0 Å². The van der Waals surface area contributed by atoms with Crippen LogP contribution in [0, 0.1) is 11.6 Å². The highest BCUT2D eigenvalue weighted by molar-refractivity contribution is 5.79. The molecule has 25 heavy (non-hydrogen) atoms. The van der Waals surface area contributed by atoms with Crippen LogP contribution in [0.15, 0.2) is 42.5 Å². The van der Waals surface area contributed by atoms with Gasteiger partial charge in [0.05, 0.1) is 7.11 Å². The summed E-state index contributed by atoms with van der Waals surface area (Å²) in [7, 11) is 1.60. The summed E-state index contributed by atoms with van der Waals surface area (Å²) in [6.07, 6.45) is 0. The number of rotatable bonds is 7. The number of nitrogens with two attached hydrogens (primary N) is 1. The van der Waals surface area contributed by atoms with Crippen molar-refractivity contribution in [2.45, 2.75) is 32.5 Å². The molecule has 0 saturated carbocycles. The predicted octanol–water partition coefficient (Wildman–Crippen LogP) is 2.30. The molecule has 0 fully saturated rings. The van der Waals surface area contributed by atoms with Gasteiger partial charge in [0.2, 0.25) is 0 Å². The number of nitrogens with one attached hydrogen (secondary N) is 1. The Balaban J connectivity index is 1.87. The lowest BCUT2D eigenvalue weighted by molar-refractivity contribution is -0.710. The van der Waals surface area contributed by atoms with Gasteiger partial charge < -0.3 is 15.4 Å². The molecule has 0 saturated heterocycles. The van der Waals surface area contributed by atoms with E-state index in [2.05, 4.69) is 5.32 Å². The van der Waals surface area contributed by atoms with Crippen LogP contribution in [0.1, 0.15) is 31.0 Å². The average molecular weight is 349 g/mol. The number of quaternary nitrogens is 1. The van der Waals surface area contributed by atoms with Crippen LogP contribution in [0.2, 0.25) is 0 Å². The van der Waals surface area contributed by atoms with Crippen molar-refractivity contribution in [3.8, 4) is 5.75 Å². The summed E-state index contributed by atoms with van der Waals surface area (Å²) in [4.78, 5) is 12.2. The third-order valence-electron chi connectivity index (χ3n) is 4.09. The maximum absolute atomic E-state index is 13.3. The zero-order valence-electron chi connectivity index (χ0n) is 14.6. The Morgan fingerprint density at radius 3 is 2.40 bits per heavy atom. The first kappa shape index (κ1) is 18.9. The van der Waals surface area contributed by atoms with E-state index in [9.17, 15) is 13.6 Å². The largest absolute Gasteiger partial charge is 0.497 e. The molecule has 0 aliphatic carbocycles. The van der Waals surface area contributed by atoms with E-state index in [1.54, 1.807) is 14.0 Å². The van der Waals surface area contributed by atoms with Crippen LogP contribution in [-0.2, 0) is 11.3 Å². The molecule has 134 valence electrons. The smallest absolute Gasteiger partial charge is 0.278 e. The van der Waals surface area contributed by atoms with Gasteiger partial charge in [0.1, 0.15) is 11.8 Å². The minimum Gasteiger partial charge on any atom is -0.497 e. The summed E-state index contributed by atoms with van der Waals surface area (Å²) in [5.74, 6) is -1.11. The van der Waals surface area contributed by atoms with Gasteiger partial charge in [-0.15, -0.1) is 0 Å². The normalized spacial score (nSPS) is 13.2. The van der Waals surface area contributed by atoms with Gasteiger partial charge in [0.15, 0.2) is 17.7 Å². The topological polar surface area (TPSA) is 54.9 Å². The molecule has 0 aromatic heterocycles. The van der Waals surface area contributed by atoms with Crippen molar-refractivity contribution >= 4 is 5.91 Å². The lowest BCUT2D eigenvalue weighted by Crippen LogP contribution is -2.92. The van der Waals surface area contributed by atoms with E-state index in [1.807, 2.05) is 36.5 Å². The molecular weight excluding hydrogens is 326 g/mol. The van der Waals surface area contributed by atoms with Gasteiger partial charge in [0.25, 0.3) is 5.91 Å². The molecular formula is C19H23F2N2O2+. The second-order valence-electron chi connectivity index (χ2n) is 6.01. The van der Waals surface area contributed by atoms with E-state index in [-0.39, 0.29) is 18.0 Å². The lowest BCUT2D eigenvalue weighted by atomic mass is 10.1. The van der Waals surface area contributed by atoms with Gasteiger partial charge in [0, 0.05) is 12.1 Å². The molecule has 2 aromatic rings. The third kappa shape index (κ3) is 5.26. The Bertz CT molecular complexity index is 720. The van der Waals surface area contributed by atoms with E-state index in [1.165, 1.54) is 12.1 Å². The second kappa shape index (κ2) is 8.58. The first-order chi connectivity index (χ1) is 11.9. The van der Waals surface area contributed by atoms with E-state index >= 15 is 0 Å². The molecule has 0 spiro atoms. The Kier molecular flexibility index (Phi) is 6.47. The molecule has 4 nitrogen and oxygen atoms in total. The van der Waals surface area contributed by atoms with E-state index in [0.29, 0.717) is 12.1 Å². The number of ether oxygens (including phenoxy) is 1. The number of hydrogen-bond donors (Lipinski definition) is 2. The summed E-state index contributed by atoms with van der Waals surface area (Å²) in [6.45, 7) is 4.04. The van der Waals surface area contributed by atoms with Gasteiger partial charge in [-0.3, -0.25) is 4.79 Å². The summed E-state index contributed by atoms with van der Waals surface area (Å²) >= 11 is 0. The maximum atomic E-state index is 13.3. The van der Waals surface area contributed by atoms with Crippen LogP contribution in [0.5, 0.6) is 5.75 Å². The first-order valence-electron chi connectivity index (χ1n) is 8.11. The van der Waals surface area contributed by atoms with Crippen LogP contribution in [-0.4, -0.2) is 19.1 Å². The average Bonchev–Trinajstić information content (AvgIpc) is 2.62. The van der Waals surface area contributed by atoms with Crippen molar-refractivity contribution < 1.29 is 23.6 Å². The monoisotopic (exact) mass is 349 g/mol. The summed E-state index contributed by atoms with van der Waals surface area (Å²) in [5.41, 5.74) is 1.60. The fourth-order valence-corrected chi connectivity index (χ4v) is 2.52. The SMILES string of the molecule is COc1ccc(CNC(=O)[C@@H](C)[NH2+][C@H](C)c2ccc(F)c(F)c2)cc1. The first-order valence-corrected chi connectivity index (χ1v) is 8.11. The molecule has 2 atom stereocenters. The lowest BCUT2D eigenvalue weighted by Gasteiger charge is -2.17. The van der Waals surface area contributed by atoms with Gasteiger partial charge in [-0.25, -0.2) is 8.78 Å². The summed E-state index contributed by atoms with van der Waals surface area (Å²) in [6, 6.07) is 10.7. The number of carbonyl (C=O) groups excluding carboxylic acids is 1. The van der Waals surface area contributed by atoms with E-state index in [0.717, 1.165) is 17.4 Å². The third-order valence-corrected chi connectivity index (χ3v) is 4.09. The molecule has 6 heteroatoms. The highest BCUT2D eigenvalue weighted by Gasteiger charge is 2.20. The van der Waals surface area contributed by atoms with Crippen molar-refractivity contribution in [1.29, 1.82) is 0 Å². The summed E-state index contributed by atoms with van der Waals surface area (Å²) < 4.78 is 31.4. The standard InChI is InChI=1S/C19H22F2N2O2/c1-12(15-6-9-17(20)18(21)10-15)23-13(2)19(24)22-11-14-4-7-16(25-3)8-5-14/h4-10,12-13,23H,11H2,1-3H3,(H,22,24)/p+1/t12-,13-/m1/s1. The molecule has 1 amide bonds. The molecule has 2 rings (SSSR count). The van der Waals surface area contributed by atoms with Crippen LogP contribution in [0.25, 0.3) is 0 Å². The molecule has 0 bridgehead atoms. The van der Waals surface area contributed by atoms with Crippen molar-refractivity contribution in [3.05, 3.63) is 65.2 Å². The molecule has 0 radical (unpaired) electrons. The van der Waals surface area contributed by atoms with Crippen molar-refractivity contribution in [2.75, 3.05) is 7.11 Å². The highest BCUT2D eigenvalue weighted by Crippen LogP contribution is 2.13. The minimum atomic E-state index is -0.880. The van der Waals surface area contributed by atoms with E-state index < -0.39 is 11.6 Å². The zero-order valence-corrected chi connectivity index (χ0v) is 14.6. The van der Waals surface area contributed by atoms with Gasteiger partial charge in [-0.1, -0.05) is 12.1 Å². The zero-order chi connectivity index (χ0) is 18.4. The van der Waals surface area contributed by atoms with E-state index in [4.69, 9.17) is 4.74 Å². The van der Waals surface area contributed by atoms with Gasteiger partial charge in [-0.05, 0) is 49.7 Å². The molecule has 0 aliphatic heterocycles. The van der Waals surface area contributed by atoms with Gasteiger partial charge >= 0.3 is 0 Å². The number of amides is 1. The fraction of sp³-hybridized carbons (Fsp3) is 0.316. The van der Waals surface area contributed by atoms with Crippen LogP contribution < -0.4 is 15.4 Å². The Labute approximate surface area is 146 Å². The molecule has 0 unspecified atom stereocenters. The quantitative estimate of drug-likeness (QED) is 0.806. The number of methoxy groups -OCH3 is 1. The van der Waals surface area contributed by atoms with Crippen LogP contribution >= 0.6 is 0 Å². The number of hydrogen-bond acceptors (Lipinski definition) is 2. The Morgan fingerprint density at radius 2 is 1.80 bits per heavy atom. The predicted molar refractivity (Wildman–Crippen MR) is 91.0 cm³/mol. The second-order valence-corrected chi connectivity index (χ2v) is 6.01. The highest BCUT2D eigenvalue weighted by atomic mass is 19.2. The van der Waals surface area contributed by atoms with Crippen molar-refractivity contribution in [1.82, 2.24) is 5.32 Å². The fourth-order valence-electron chi connectivity index (χ4n) is 2.52.